The molecule has 2 saturated heterocycles. The Hall–Kier alpha value is -2.26. The standard InChI is InChI=1S/C24H36F2N4O3/c1-18-13-19(2)15-30(14-18)23(32)17-29-11-9-28(10-12-29)16-22(31)27-8-7-20-3-5-21(6-4-20)33-24(25)26/h3-6,18-19,24H,7-17H2,1-2H3,(H,27,31). The molecule has 184 valence electrons. The zero-order chi connectivity index (χ0) is 23.8. The molecule has 1 N–H and O–H groups in total. The van der Waals surface area contributed by atoms with Crippen molar-refractivity contribution < 1.29 is 23.1 Å². The number of amides is 2. The summed E-state index contributed by atoms with van der Waals surface area (Å²) in [5.41, 5.74) is 0.938. The fourth-order valence-corrected chi connectivity index (χ4v) is 4.71. The number of carbonyl (C=O) groups excluding carboxylic acids is 2. The van der Waals surface area contributed by atoms with Crippen LogP contribution in [-0.2, 0) is 16.0 Å². The van der Waals surface area contributed by atoms with Crippen LogP contribution >= 0.6 is 0 Å². The van der Waals surface area contributed by atoms with Gasteiger partial charge in [0.25, 0.3) is 0 Å². The second kappa shape index (κ2) is 12.3. The smallest absolute Gasteiger partial charge is 0.387 e. The molecular weight excluding hydrogens is 430 g/mol. The van der Waals surface area contributed by atoms with E-state index in [1.807, 2.05) is 4.90 Å². The minimum absolute atomic E-state index is 0.0338. The van der Waals surface area contributed by atoms with Gasteiger partial charge in [-0.2, -0.15) is 8.78 Å². The van der Waals surface area contributed by atoms with Crippen molar-refractivity contribution in [1.82, 2.24) is 20.0 Å². The van der Waals surface area contributed by atoms with Crippen LogP contribution in [0.4, 0.5) is 8.78 Å². The van der Waals surface area contributed by atoms with Crippen molar-refractivity contribution in [2.24, 2.45) is 11.8 Å². The SMILES string of the molecule is CC1CC(C)CN(C(=O)CN2CCN(CC(=O)NCCc3ccc(OC(F)F)cc3)CC2)C1. The highest BCUT2D eigenvalue weighted by atomic mass is 19.3. The highest BCUT2D eigenvalue weighted by Crippen LogP contribution is 2.21. The van der Waals surface area contributed by atoms with Crippen molar-refractivity contribution in [3.05, 3.63) is 29.8 Å². The average Bonchev–Trinajstić information content (AvgIpc) is 2.75. The van der Waals surface area contributed by atoms with Gasteiger partial charge in [0, 0.05) is 45.8 Å². The number of hydrogen-bond donors (Lipinski definition) is 1. The lowest BCUT2D eigenvalue weighted by molar-refractivity contribution is -0.135. The third-order valence-electron chi connectivity index (χ3n) is 6.30. The molecule has 0 radical (unpaired) electrons. The van der Waals surface area contributed by atoms with Gasteiger partial charge in [0.1, 0.15) is 5.75 Å². The lowest BCUT2D eigenvalue weighted by Gasteiger charge is -2.38. The number of alkyl halides is 2. The molecule has 1 aromatic carbocycles. The van der Waals surface area contributed by atoms with E-state index in [1.54, 1.807) is 12.1 Å². The molecule has 1 aromatic rings. The Morgan fingerprint density at radius 1 is 1.00 bits per heavy atom. The predicted molar refractivity (Wildman–Crippen MR) is 122 cm³/mol. The summed E-state index contributed by atoms with van der Waals surface area (Å²) in [6, 6.07) is 6.44. The normalized spacial score (nSPS) is 22.4. The van der Waals surface area contributed by atoms with Gasteiger partial charge < -0.3 is 15.0 Å². The fraction of sp³-hybridized carbons (Fsp3) is 0.667. The number of piperidine rings is 1. The summed E-state index contributed by atoms with van der Waals surface area (Å²) in [5, 5.41) is 2.91. The summed E-state index contributed by atoms with van der Waals surface area (Å²) in [5.74, 6) is 1.43. The summed E-state index contributed by atoms with van der Waals surface area (Å²) >= 11 is 0. The van der Waals surface area contributed by atoms with E-state index in [9.17, 15) is 18.4 Å². The molecule has 2 atom stereocenters. The summed E-state index contributed by atoms with van der Waals surface area (Å²) in [7, 11) is 0. The second-order valence-corrected chi connectivity index (χ2v) is 9.42. The number of hydrogen-bond acceptors (Lipinski definition) is 5. The molecule has 0 bridgehead atoms. The Kier molecular flexibility index (Phi) is 9.43. The van der Waals surface area contributed by atoms with E-state index in [4.69, 9.17) is 0 Å². The quantitative estimate of drug-likeness (QED) is 0.604. The van der Waals surface area contributed by atoms with E-state index in [2.05, 4.69) is 33.7 Å². The number of rotatable bonds is 9. The van der Waals surface area contributed by atoms with E-state index in [1.165, 1.54) is 18.6 Å². The molecule has 0 aromatic heterocycles. The van der Waals surface area contributed by atoms with Gasteiger partial charge in [-0.3, -0.25) is 19.4 Å². The number of nitrogens with zero attached hydrogens (tertiary/aromatic N) is 3. The third kappa shape index (κ3) is 8.55. The number of halogens is 2. The van der Waals surface area contributed by atoms with Crippen LogP contribution in [0.25, 0.3) is 0 Å². The van der Waals surface area contributed by atoms with Crippen LogP contribution in [-0.4, -0.2) is 92.0 Å². The van der Waals surface area contributed by atoms with Crippen LogP contribution in [0.1, 0.15) is 25.8 Å². The van der Waals surface area contributed by atoms with Crippen LogP contribution in [0.2, 0.25) is 0 Å². The first-order valence-electron chi connectivity index (χ1n) is 11.8. The maximum atomic E-state index is 12.7. The number of likely N-dealkylation sites (tertiary alicyclic amines) is 1. The Balaban J connectivity index is 1.30. The van der Waals surface area contributed by atoms with Crippen LogP contribution in [0.5, 0.6) is 5.75 Å². The van der Waals surface area contributed by atoms with E-state index in [0.717, 1.165) is 44.8 Å². The van der Waals surface area contributed by atoms with Gasteiger partial charge in [-0.15, -0.1) is 0 Å². The molecule has 0 saturated carbocycles. The molecule has 2 fully saturated rings. The summed E-state index contributed by atoms with van der Waals surface area (Å²) in [6.07, 6.45) is 1.80. The van der Waals surface area contributed by atoms with Crippen LogP contribution in [0.15, 0.2) is 24.3 Å². The van der Waals surface area contributed by atoms with Gasteiger partial charge in [0.2, 0.25) is 11.8 Å². The number of benzene rings is 1. The van der Waals surface area contributed by atoms with Crippen molar-refractivity contribution in [3.8, 4) is 5.75 Å². The van der Waals surface area contributed by atoms with E-state index >= 15 is 0 Å². The summed E-state index contributed by atoms with van der Waals surface area (Å²) in [4.78, 5) is 31.3. The molecule has 7 nitrogen and oxygen atoms in total. The largest absolute Gasteiger partial charge is 0.435 e. The van der Waals surface area contributed by atoms with Crippen molar-refractivity contribution in [2.75, 3.05) is 58.9 Å². The molecule has 2 amide bonds. The zero-order valence-electron chi connectivity index (χ0n) is 19.6. The fourth-order valence-electron chi connectivity index (χ4n) is 4.71. The van der Waals surface area contributed by atoms with E-state index in [-0.39, 0.29) is 17.6 Å². The monoisotopic (exact) mass is 466 g/mol. The van der Waals surface area contributed by atoms with Crippen LogP contribution in [0, 0.1) is 11.8 Å². The number of carbonyl (C=O) groups is 2. The molecule has 2 aliphatic rings. The van der Waals surface area contributed by atoms with Crippen molar-refractivity contribution in [1.29, 1.82) is 0 Å². The van der Waals surface area contributed by atoms with Gasteiger partial charge in [0.05, 0.1) is 13.1 Å². The average molecular weight is 467 g/mol. The summed E-state index contributed by atoms with van der Waals surface area (Å²) in [6.45, 7) is 7.67. The lowest BCUT2D eigenvalue weighted by Crippen LogP contribution is -2.53. The second-order valence-electron chi connectivity index (χ2n) is 9.42. The lowest BCUT2D eigenvalue weighted by atomic mass is 9.92. The van der Waals surface area contributed by atoms with Gasteiger partial charge in [-0.25, -0.2) is 0 Å². The minimum Gasteiger partial charge on any atom is -0.435 e. The number of nitrogens with one attached hydrogen (secondary N) is 1. The molecule has 3 rings (SSSR count). The number of ether oxygens (including phenoxy) is 1. The molecular formula is C24H36F2N4O3. The highest BCUT2D eigenvalue weighted by molar-refractivity contribution is 5.78. The summed E-state index contributed by atoms with van der Waals surface area (Å²) < 4.78 is 28.7. The third-order valence-corrected chi connectivity index (χ3v) is 6.30. The Bertz CT molecular complexity index is 759. The van der Waals surface area contributed by atoms with Gasteiger partial charge >= 0.3 is 6.61 Å². The zero-order valence-corrected chi connectivity index (χ0v) is 19.6. The first-order chi connectivity index (χ1) is 15.8. The Morgan fingerprint density at radius 2 is 1.58 bits per heavy atom. The maximum Gasteiger partial charge on any atom is 0.387 e. The minimum atomic E-state index is -2.83. The Morgan fingerprint density at radius 3 is 2.15 bits per heavy atom. The van der Waals surface area contributed by atoms with Gasteiger partial charge in [0.15, 0.2) is 0 Å². The molecule has 2 heterocycles. The van der Waals surface area contributed by atoms with E-state index in [0.29, 0.717) is 37.9 Å². The molecule has 2 unspecified atom stereocenters. The highest BCUT2D eigenvalue weighted by Gasteiger charge is 2.27. The first kappa shape index (κ1) is 25.4. The maximum absolute atomic E-state index is 12.7. The Labute approximate surface area is 195 Å². The molecule has 33 heavy (non-hydrogen) atoms. The molecule has 0 aliphatic carbocycles. The molecule has 9 heteroatoms. The number of piperazine rings is 1. The van der Waals surface area contributed by atoms with Crippen LogP contribution < -0.4 is 10.1 Å². The molecule has 0 spiro atoms. The van der Waals surface area contributed by atoms with Gasteiger partial charge in [-0.1, -0.05) is 26.0 Å². The van der Waals surface area contributed by atoms with Crippen molar-refractivity contribution in [2.45, 2.75) is 33.3 Å². The van der Waals surface area contributed by atoms with E-state index < -0.39 is 6.61 Å². The predicted octanol–water partition coefficient (Wildman–Crippen LogP) is 2.07. The van der Waals surface area contributed by atoms with Crippen molar-refractivity contribution >= 4 is 11.8 Å². The topological polar surface area (TPSA) is 65.1 Å². The van der Waals surface area contributed by atoms with Gasteiger partial charge in [-0.05, 0) is 42.4 Å². The van der Waals surface area contributed by atoms with Crippen LogP contribution in [0.3, 0.4) is 0 Å². The first-order valence-corrected chi connectivity index (χ1v) is 11.8. The van der Waals surface area contributed by atoms with Crippen molar-refractivity contribution in [3.63, 3.8) is 0 Å². The molecule has 2 aliphatic heterocycles.